The van der Waals surface area contributed by atoms with E-state index in [2.05, 4.69) is 6.58 Å². The molecule has 0 aromatic heterocycles. The van der Waals surface area contributed by atoms with Crippen molar-refractivity contribution in [2.75, 3.05) is 19.8 Å². The molecule has 0 radical (unpaired) electrons. The molecule has 1 amide bonds. The second kappa shape index (κ2) is 10.2. The van der Waals surface area contributed by atoms with Crippen molar-refractivity contribution < 1.29 is 19.2 Å². The van der Waals surface area contributed by atoms with Crippen LogP contribution in [-0.4, -0.2) is 39.8 Å². The summed E-state index contributed by atoms with van der Waals surface area (Å²) in [6.07, 6.45) is 3.15. The highest BCUT2D eigenvalue weighted by Gasteiger charge is 2.31. The maximum atomic E-state index is 12.6. The van der Waals surface area contributed by atoms with Crippen molar-refractivity contribution in [2.24, 2.45) is 0 Å². The number of thiocarbonyl (C=S) groups is 1. The van der Waals surface area contributed by atoms with Crippen molar-refractivity contribution in [3.05, 3.63) is 81.3 Å². The van der Waals surface area contributed by atoms with Gasteiger partial charge in [0.15, 0.2) is 0 Å². The van der Waals surface area contributed by atoms with Gasteiger partial charge in [-0.3, -0.25) is 19.8 Å². The van der Waals surface area contributed by atoms with E-state index in [0.717, 1.165) is 23.1 Å². The van der Waals surface area contributed by atoms with E-state index in [1.807, 2.05) is 31.2 Å². The second-order valence-electron chi connectivity index (χ2n) is 6.52. The summed E-state index contributed by atoms with van der Waals surface area (Å²) in [5.41, 5.74) is 1.33. The van der Waals surface area contributed by atoms with Gasteiger partial charge in [-0.15, -0.1) is 6.58 Å². The second-order valence-corrected chi connectivity index (χ2v) is 8.20. The zero-order chi connectivity index (χ0) is 22.4. The molecule has 0 N–H and O–H groups in total. The lowest BCUT2D eigenvalue weighted by atomic mass is 10.1. The molecule has 0 bridgehead atoms. The molecule has 0 aliphatic carbocycles. The Labute approximate surface area is 189 Å². The Morgan fingerprint density at radius 3 is 2.58 bits per heavy atom. The quantitative estimate of drug-likeness (QED) is 0.134. The molecule has 1 aliphatic heterocycles. The summed E-state index contributed by atoms with van der Waals surface area (Å²) in [6.45, 7) is 6.40. The molecule has 1 saturated heterocycles. The van der Waals surface area contributed by atoms with Crippen molar-refractivity contribution in [2.45, 2.75) is 6.92 Å². The summed E-state index contributed by atoms with van der Waals surface area (Å²) in [6, 6.07) is 11.9. The van der Waals surface area contributed by atoms with E-state index in [0.29, 0.717) is 33.7 Å². The number of nitrogens with zero attached hydrogens (tertiary/aromatic N) is 2. The highest BCUT2D eigenvalue weighted by molar-refractivity contribution is 8.26. The number of carbonyl (C=O) groups excluding carboxylic acids is 1. The molecular weight excluding hydrogens is 436 g/mol. The minimum atomic E-state index is -0.495. The first-order chi connectivity index (χ1) is 14.9. The smallest absolute Gasteiger partial charge is 0.270 e. The number of thioether (sulfide) groups is 1. The number of ether oxygens (including phenoxy) is 2. The standard InChI is InChI=1S/C22H20N2O5S2/c1-3-10-23-21(25)20(31-22(23)30)14-16-13-17(24(26)27)8-9-19(16)29-12-11-28-18-7-5-4-6-15(18)2/h3-9,13-14H,1,10-12H2,2H3/b20-14-. The van der Waals surface area contributed by atoms with Gasteiger partial charge < -0.3 is 9.47 Å². The molecule has 1 aliphatic rings. The van der Waals surface area contributed by atoms with Gasteiger partial charge in [-0.05, 0) is 30.7 Å². The van der Waals surface area contributed by atoms with E-state index < -0.39 is 4.92 Å². The van der Waals surface area contributed by atoms with Crippen LogP contribution in [-0.2, 0) is 4.79 Å². The average Bonchev–Trinajstić information content (AvgIpc) is 3.00. The summed E-state index contributed by atoms with van der Waals surface area (Å²) >= 11 is 6.38. The largest absolute Gasteiger partial charge is 0.490 e. The van der Waals surface area contributed by atoms with Crippen molar-refractivity contribution in [3.8, 4) is 11.5 Å². The summed E-state index contributed by atoms with van der Waals surface area (Å²) in [7, 11) is 0. The van der Waals surface area contributed by atoms with Crippen molar-refractivity contribution in [3.63, 3.8) is 0 Å². The summed E-state index contributed by atoms with van der Waals surface area (Å²) < 4.78 is 11.9. The van der Waals surface area contributed by atoms with Gasteiger partial charge in [-0.1, -0.05) is 48.3 Å². The minimum Gasteiger partial charge on any atom is -0.490 e. The van der Waals surface area contributed by atoms with E-state index >= 15 is 0 Å². The average molecular weight is 457 g/mol. The number of para-hydroxylation sites is 1. The normalized spacial score (nSPS) is 14.7. The molecule has 2 aromatic carbocycles. The SMILES string of the molecule is C=CCN1C(=O)/C(=C/c2cc([N+](=O)[O-])ccc2OCCOc2ccccc2C)SC1=S. The number of hydrogen-bond donors (Lipinski definition) is 0. The Bertz CT molecular complexity index is 1070. The van der Waals surface area contributed by atoms with E-state index in [9.17, 15) is 14.9 Å². The van der Waals surface area contributed by atoms with Crippen molar-refractivity contribution in [1.82, 2.24) is 4.90 Å². The first kappa shape index (κ1) is 22.5. The molecule has 2 aromatic rings. The highest BCUT2D eigenvalue weighted by Crippen LogP contribution is 2.35. The zero-order valence-corrected chi connectivity index (χ0v) is 18.4. The van der Waals surface area contributed by atoms with Crippen LogP contribution in [0.5, 0.6) is 11.5 Å². The molecule has 0 saturated carbocycles. The van der Waals surface area contributed by atoms with Crippen molar-refractivity contribution in [1.29, 1.82) is 0 Å². The number of amides is 1. The predicted molar refractivity (Wildman–Crippen MR) is 125 cm³/mol. The number of hydrogen-bond acceptors (Lipinski definition) is 7. The van der Waals surface area contributed by atoms with Crippen LogP contribution in [0.3, 0.4) is 0 Å². The van der Waals surface area contributed by atoms with Crippen LogP contribution >= 0.6 is 24.0 Å². The lowest BCUT2D eigenvalue weighted by Crippen LogP contribution is -2.27. The first-order valence-electron chi connectivity index (χ1n) is 9.36. The van der Waals surface area contributed by atoms with Gasteiger partial charge >= 0.3 is 0 Å². The van der Waals surface area contributed by atoms with Gasteiger partial charge in [0.2, 0.25) is 0 Å². The Balaban J connectivity index is 1.77. The highest BCUT2D eigenvalue weighted by atomic mass is 32.2. The number of nitro benzene ring substituents is 1. The molecule has 0 unspecified atom stereocenters. The van der Waals surface area contributed by atoms with Gasteiger partial charge in [0.1, 0.15) is 29.0 Å². The fraction of sp³-hybridized carbons (Fsp3) is 0.182. The van der Waals surface area contributed by atoms with E-state index in [4.69, 9.17) is 21.7 Å². The molecule has 7 nitrogen and oxygen atoms in total. The summed E-state index contributed by atoms with van der Waals surface area (Å²) in [4.78, 5) is 25.1. The van der Waals surface area contributed by atoms with Crippen molar-refractivity contribution >= 4 is 46.0 Å². The topological polar surface area (TPSA) is 81.9 Å². The molecule has 1 fully saturated rings. The number of nitro groups is 1. The number of non-ortho nitro benzene ring substituents is 1. The molecule has 0 spiro atoms. The fourth-order valence-corrected chi connectivity index (χ4v) is 4.11. The van der Waals surface area contributed by atoms with Gasteiger partial charge in [-0.2, -0.15) is 0 Å². The molecule has 31 heavy (non-hydrogen) atoms. The van der Waals surface area contributed by atoms with Crippen LogP contribution < -0.4 is 9.47 Å². The Morgan fingerprint density at radius 1 is 1.19 bits per heavy atom. The number of carbonyl (C=O) groups is 1. The van der Waals surface area contributed by atoms with Crippen LogP contribution in [0.4, 0.5) is 5.69 Å². The molecular formula is C22H20N2O5S2. The van der Waals surface area contributed by atoms with E-state index in [1.54, 1.807) is 12.2 Å². The number of aryl methyl sites for hydroxylation is 1. The monoisotopic (exact) mass is 456 g/mol. The summed E-state index contributed by atoms with van der Waals surface area (Å²) in [5.74, 6) is 0.907. The van der Waals surface area contributed by atoms with Gasteiger partial charge in [0.25, 0.3) is 11.6 Å². The Morgan fingerprint density at radius 2 is 1.90 bits per heavy atom. The van der Waals surface area contributed by atoms with Gasteiger partial charge in [0, 0.05) is 24.2 Å². The first-order valence-corrected chi connectivity index (χ1v) is 10.6. The third kappa shape index (κ3) is 5.50. The van der Waals surface area contributed by atoms with Crippen LogP contribution in [0.25, 0.3) is 6.08 Å². The third-order valence-electron chi connectivity index (χ3n) is 4.37. The molecule has 1 heterocycles. The molecule has 0 atom stereocenters. The van der Waals surface area contributed by atoms with E-state index in [-0.39, 0.29) is 18.2 Å². The van der Waals surface area contributed by atoms with Gasteiger partial charge in [0.05, 0.1) is 9.83 Å². The number of rotatable bonds is 9. The molecule has 9 heteroatoms. The molecule has 160 valence electrons. The Kier molecular flexibility index (Phi) is 7.43. The van der Waals surface area contributed by atoms with Crippen LogP contribution in [0, 0.1) is 17.0 Å². The maximum absolute atomic E-state index is 12.6. The van der Waals surface area contributed by atoms with Crippen LogP contribution in [0.1, 0.15) is 11.1 Å². The van der Waals surface area contributed by atoms with Crippen LogP contribution in [0.15, 0.2) is 60.0 Å². The van der Waals surface area contributed by atoms with Gasteiger partial charge in [-0.25, -0.2) is 0 Å². The Hall–Kier alpha value is -3.17. The third-order valence-corrected chi connectivity index (χ3v) is 5.75. The lowest BCUT2D eigenvalue weighted by Gasteiger charge is -2.12. The van der Waals surface area contributed by atoms with Crippen LogP contribution in [0.2, 0.25) is 0 Å². The fourth-order valence-electron chi connectivity index (χ4n) is 2.84. The predicted octanol–water partition coefficient (Wildman–Crippen LogP) is 4.75. The van der Waals surface area contributed by atoms with E-state index in [1.165, 1.54) is 23.1 Å². The zero-order valence-electron chi connectivity index (χ0n) is 16.8. The molecule has 3 rings (SSSR count). The summed E-state index contributed by atoms with van der Waals surface area (Å²) in [5, 5.41) is 11.2. The number of benzene rings is 2. The lowest BCUT2D eigenvalue weighted by molar-refractivity contribution is -0.384. The minimum absolute atomic E-state index is 0.101. The maximum Gasteiger partial charge on any atom is 0.270 e.